The molecule has 0 radical (unpaired) electrons. The molecule has 7 heteroatoms. The Kier molecular flexibility index (Phi) is 6.01. The molecule has 106 valence electrons. The topological polar surface area (TPSA) is 90.9 Å². The van der Waals surface area contributed by atoms with E-state index >= 15 is 0 Å². The number of likely N-dealkylation sites (N-methyl/N-ethyl adjacent to an activating group) is 1. The Hall–Kier alpha value is -1.89. The fourth-order valence-corrected chi connectivity index (χ4v) is 1.60. The summed E-state index contributed by atoms with van der Waals surface area (Å²) in [5, 5.41) is 11.6. The molecule has 0 saturated carbocycles. The van der Waals surface area contributed by atoms with Crippen LogP contribution >= 0.6 is 0 Å². The van der Waals surface area contributed by atoms with Crippen molar-refractivity contribution in [2.45, 2.75) is 13.3 Å². The Morgan fingerprint density at radius 1 is 1.37 bits per heavy atom. The molecule has 1 rings (SSSR count). The molecule has 0 aliphatic carbocycles. The highest BCUT2D eigenvalue weighted by atomic mass is 16.4. The van der Waals surface area contributed by atoms with Gasteiger partial charge < -0.3 is 20.7 Å². The standard InChI is InChI=1S/C12H22N6O/c1-4-7-18(9-8-17(2)3)12-14-6-5-10(15-12)11(13)16-19/h5-6,19H,4,7-9H2,1-3H3,(H2,13,16). The molecule has 0 saturated heterocycles. The zero-order chi connectivity index (χ0) is 14.3. The van der Waals surface area contributed by atoms with E-state index in [4.69, 9.17) is 10.9 Å². The van der Waals surface area contributed by atoms with Crippen LogP contribution in [0.4, 0.5) is 5.95 Å². The maximum atomic E-state index is 8.68. The number of anilines is 1. The molecule has 1 aromatic rings. The molecule has 0 atom stereocenters. The Bertz CT molecular complexity index is 420. The average molecular weight is 266 g/mol. The number of hydrogen-bond donors (Lipinski definition) is 2. The Morgan fingerprint density at radius 3 is 2.68 bits per heavy atom. The summed E-state index contributed by atoms with van der Waals surface area (Å²) in [7, 11) is 4.05. The second-order valence-corrected chi connectivity index (χ2v) is 4.52. The summed E-state index contributed by atoms with van der Waals surface area (Å²) in [5.41, 5.74) is 5.97. The lowest BCUT2D eigenvalue weighted by molar-refractivity contribution is 0.318. The lowest BCUT2D eigenvalue weighted by atomic mass is 10.3. The second-order valence-electron chi connectivity index (χ2n) is 4.52. The fourth-order valence-electron chi connectivity index (χ4n) is 1.60. The van der Waals surface area contributed by atoms with Crippen LogP contribution in [0.1, 0.15) is 19.0 Å². The van der Waals surface area contributed by atoms with E-state index in [2.05, 4.69) is 31.8 Å². The van der Waals surface area contributed by atoms with Crippen molar-refractivity contribution in [3.05, 3.63) is 18.0 Å². The van der Waals surface area contributed by atoms with Gasteiger partial charge in [-0.1, -0.05) is 12.1 Å². The van der Waals surface area contributed by atoms with Crippen LogP contribution in [0.2, 0.25) is 0 Å². The van der Waals surface area contributed by atoms with E-state index in [9.17, 15) is 0 Å². The third kappa shape index (κ3) is 4.70. The molecule has 0 amide bonds. The summed E-state index contributed by atoms with van der Waals surface area (Å²) in [6, 6.07) is 1.62. The van der Waals surface area contributed by atoms with Crippen molar-refractivity contribution in [3.63, 3.8) is 0 Å². The Labute approximate surface area is 113 Å². The van der Waals surface area contributed by atoms with Gasteiger partial charge in [0.1, 0.15) is 5.69 Å². The van der Waals surface area contributed by atoms with Crippen LogP contribution in [0.3, 0.4) is 0 Å². The van der Waals surface area contributed by atoms with Gasteiger partial charge >= 0.3 is 0 Å². The smallest absolute Gasteiger partial charge is 0.226 e. The van der Waals surface area contributed by atoms with Crippen LogP contribution in [0.15, 0.2) is 17.4 Å². The van der Waals surface area contributed by atoms with Crippen molar-refractivity contribution in [2.24, 2.45) is 10.9 Å². The molecule has 0 aliphatic heterocycles. The number of aromatic nitrogens is 2. The van der Waals surface area contributed by atoms with Crippen molar-refractivity contribution in [1.82, 2.24) is 14.9 Å². The molecule has 0 spiro atoms. The summed E-state index contributed by atoms with van der Waals surface area (Å²) < 4.78 is 0. The SMILES string of the molecule is CCCN(CCN(C)C)c1nccc(/C(N)=N/O)n1. The lowest BCUT2D eigenvalue weighted by Crippen LogP contribution is -2.34. The highest BCUT2D eigenvalue weighted by Gasteiger charge is 2.11. The van der Waals surface area contributed by atoms with E-state index < -0.39 is 0 Å². The van der Waals surface area contributed by atoms with Gasteiger partial charge in [0.05, 0.1) is 0 Å². The van der Waals surface area contributed by atoms with Gasteiger partial charge in [-0.3, -0.25) is 0 Å². The van der Waals surface area contributed by atoms with Gasteiger partial charge in [-0.2, -0.15) is 0 Å². The van der Waals surface area contributed by atoms with Gasteiger partial charge in [0.25, 0.3) is 0 Å². The van der Waals surface area contributed by atoms with Crippen LogP contribution in [0, 0.1) is 0 Å². The molecule has 1 aromatic heterocycles. The zero-order valence-corrected chi connectivity index (χ0v) is 11.7. The van der Waals surface area contributed by atoms with Crippen LogP contribution < -0.4 is 10.6 Å². The Morgan fingerprint density at radius 2 is 2.11 bits per heavy atom. The number of amidine groups is 1. The maximum Gasteiger partial charge on any atom is 0.226 e. The van der Waals surface area contributed by atoms with Crippen molar-refractivity contribution in [1.29, 1.82) is 0 Å². The molecule has 0 aliphatic rings. The summed E-state index contributed by atoms with van der Waals surface area (Å²) in [5.74, 6) is 0.598. The van der Waals surface area contributed by atoms with E-state index in [1.165, 1.54) is 0 Å². The van der Waals surface area contributed by atoms with Crippen molar-refractivity contribution in [3.8, 4) is 0 Å². The third-order valence-electron chi connectivity index (χ3n) is 2.61. The summed E-state index contributed by atoms with van der Waals surface area (Å²) in [4.78, 5) is 12.8. The number of oxime groups is 1. The minimum absolute atomic E-state index is 0.00675. The molecule has 0 unspecified atom stereocenters. The first-order valence-electron chi connectivity index (χ1n) is 6.29. The highest BCUT2D eigenvalue weighted by molar-refractivity contribution is 5.95. The van der Waals surface area contributed by atoms with Crippen LogP contribution in [0.5, 0.6) is 0 Å². The number of nitrogens with two attached hydrogens (primary N) is 1. The van der Waals surface area contributed by atoms with Crippen LogP contribution in [-0.4, -0.2) is 59.6 Å². The van der Waals surface area contributed by atoms with Crippen LogP contribution in [-0.2, 0) is 0 Å². The minimum atomic E-state index is -0.00675. The lowest BCUT2D eigenvalue weighted by Gasteiger charge is -2.23. The fraction of sp³-hybridized carbons (Fsp3) is 0.583. The van der Waals surface area contributed by atoms with Gasteiger partial charge in [-0.05, 0) is 26.6 Å². The quantitative estimate of drug-likeness (QED) is 0.320. The minimum Gasteiger partial charge on any atom is -0.409 e. The van der Waals surface area contributed by atoms with E-state index in [-0.39, 0.29) is 5.84 Å². The van der Waals surface area contributed by atoms with Crippen molar-refractivity contribution < 1.29 is 5.21 Å². The highest BCUT2D eigenvalue weighted by Crippen LogP contribution is 2.08. The summed E-state index contributed by atoms with van der Waals surface area (Å²) in [6.45, 7) is 4.72. The first-order valence-corrected chi connectivity index (χ1v) is 6.29. The summed E-state index contributed by atoms with van der Waals surface area (Å²) >= 11 is 0. The second kappa shape index (κ2) is 7.52. The molecule has 1 heterocycles. The normalized spacial score (nSPS) is 11.9. The van der Waals surface area contributed by atoms with Gasteiger partial charge in [-0.25, -0.2) is 9.97 Å². The first-order chi connectivity index (χ1) is 9.08. The van der Waals surface area contributed by atoms with E-state index in [0.717, 1.165) is 26.1 Å². The van der Waals surface area contributed by atoms with E-state index in [1.807, 2.05) is 14.1 Å². The van der Waals surface area contributed by atoms with Gasteiger partial charge in [0.15, 0.2) is 5.84 Å². The molecule has 3 N–H and O–H groups in total. The van der Waals surface area contributed by atoms with Crippen molar-refractivity contribution >= 4 is 11.8 Å². The van der Waals surface area contributed by atoms with Gasteiger partial charge in [0, 0.05) is 25.8 Å². The molecule has 0 fully saturated rings. The largest absolute Gasteiger partial charge is 0.409 e. The van der Waals surface area contributed by atoms with E-state index in [1.54, 1.807) is 12.3 Å². The molecular weight excluding hydrogens is 244 g/mol. The zero-order valence-electron chi connectivity index (χ0n) is 11.7. The average Bonchev–Trinajstić information content (AvgIpc) is 2.42. The maximum absolute atomic E-state index is 8.68. The molecule has 0 bridgehead atoms. The summed E-state index contributed by atoms with van der Waals surface area (Å²) in [6.07, 6.45) is 2.62. The predicted octanol–water partition coefficient (Wildman–Crippen LogP) is 0.349. The number of rotatable bonds is 7. The molecule has 19 heavy (non-hydrogen) atoms. The number of hydrogen-bond acceptors (Lipinski definition) is 6. The van der Waals surface area contributed by atoms with Crippen molar-refractivity contribution in [2.75, 3.05) is 38.6 Å². The third-order valence-corrected chi connectivity index (χ3v) is 2.61. The van der Waals surface area contributed by atoms with E-state index in [0.29, 0.717) is 11.6 Å². The molecule has 0 aromatic carbocycles. The first kappa shape index (κ1) is 15.2. The van der Waals surface area contributed by atoms with Gasteiger partial charge in [-0.15, -0.1) is 0 Å². The monoisotopic (exact) mass is 266 g/mol. The number of nitrogens with zero attached hydrogens (tertiary/aromatic N) is 5. The van der Waals surface area contributed by atoms with Crippen LogP contribution in [0.25, 0.3) is 0 Å². The van der Waals surface area contributed by atoms with Gasteiger partial charge in [0.2, 0.25) is 5.95 Å². The molecular formula is C12H22N6O. The molecule has 7 nitrogen and oxygen atoms in total. The Balaban J connectivity index is 2.89. The predicted molar refractivity (Wildman–Crippen MR) is 75.6 cm³/mol.